The summed E-state index contributed by atoms with van der Waals surface area (Å²) in [4.78, 5) is 13.4. The summed E-state index contributed by atoms with van der Waals surface area (Å²) in [6.07, 6.45) is 3.63. The Morgan fingerprint density at radius 3 is 2.77 bits per heavy atom. The first-order chi connectivity index (χ1) is 12.4. The van der Waals surface area contributed by atoms with E-state index in [1.807, 2.05) is 32.9 Å². The molecule has 0 bridgehead atoms. The van der Waals surface area contributed by atoms with Gasteiger partial charge in [-0.2, -0.15) is 0 Å². The van der Waals surface area contributed by atoms with Crippen molar-refractivity contribution in [2.24, 2.45) is 0 Å². The molecule has 0 saturated carbocycles. The maximum Gasteiger partial charge on any atom is 0.155 e. The Labute approximate surface area is 151 Å². The Morgan fingerprint density at radius 1 is 1.31 bits per heavy atom. The van der Waals surface area contributed by atoms with Crippen molar-refractivity contribution in [3.8, 4) is 5.82 Å². The highest BCUT2D eigenvalue weighted by molar-refractivity contribution is 5.79. The number of aryl methyl sites for hydroxylation is 2. The maximum absolute atomic E-state index is 15.1. The molecule has 3 aromatic heterocycles. The zero-order chi connectivity index (χ0) is 18.6. The molecule has 0 radical (unpaired) electrons. The third kappa shape index (κ3) is 2.35. The van der Waals surface area contributed by atoms with Gasteiger partial charge in [-0.1, -0.05) is 26.8 Å². The number of fused-ring (bicyclic) bond motifs is 2. The first kappa shape index (κ1) is 17.1. The third-order valence-electron chi connectivity index (χ3n) is 5.38. The van der Waals surface area contributed by atoms with Gasteiger partial charge in [0.1, 0.15) is 17.2 Å². The maximum atomic E-state index is 15.1. The van der Waals surface area contributed by atoms with E-state index in [1.54, 1.807) is 11.5 Å². The van der Waals surface area contributed by atoms with Crippen molar-refractivity contribution in [2.75, 3.05) is 0 Å². The number of pyridine rings is 1. The predicted molar refractivity (Wildman–Crippen MR) is 98.0 cm³/mol. The fourth-order valence-corrected chi connectivity index (χ4v) is 3.89. The van der Waals surface area contributed by atoms with E-state index in [0.717, 1.165) is 12.0 Å². The Balaban J connectivity index is 2.02. The lowest BCUT2D eigenvalue weighted by Crippen LogP contribution is -2.23. The molecule has 0 saturated heterocycles. The van der Waals surface area contributed by atoms with Gasteiger partial charge in [-0.05, 0) is 43.7 Å². The van der Waals surface area contributed by atoms with Gasteiger partial charge in [-0.25, -0.2) is 19.3 Å². The summed E-state index contributed by atoms with van der Waals surface area (Å²) in [5.74, 6) is 0.818. The quantitative estimate of drug-likeness (QED) is 0.774. The largest absolute Gasteiger partial charge is 0.384 e. The van der Waals surface area contributed by atoms with E-state index in [9.17, 15) is 5.11 Å². The van der Waals surface area contributed by atoms with Crippen LogP contribution in [0.1, 0.15) is 62.3 Å². The Hall–Kier alpha value is -2.34. The van der Waals surface area contributed by atoms with Crippen molar-refractivity contribution < 1.29 is 9.50 Å². The van der Waals surface area contributed by atoms with Crippen LogP contribution >= 0.6 is 0 Å². The van der Waals surface area contributed by atoms with Gasteiger partial charge in [0.05, 0.1) is 16.8 Å². The number of aliphatic hydroxyl groups is 1. The normalized spacial score (nSPS) is 19.5. The van der Waals surface area contributed by atoms with Gasteiger partial charge in [0.2, 0.25) is 0 Å². The van der Waals surface area contributed by atoms with E-state index in [0.29, 0.717) is 46.9 Å². The molecule has 0 aromatic carbocycles. The number of hydrogen-bond donors (Lipinski definition) is 1. The van der Waals surface area contributed by atoms with Crippen LogP contribution in [0.4, 0.5) is 4.39 Å². The molecule has 26 heavy (non-hydrogen) atoms. The molecule has 136 valence electrons. The van der Waals surface area contributed by atoms with Crippen LogP contribution < -0.4 is 0 Å². The molecule has 5 nitrogen and oxygen atoms in total. The predicted octanol–water partition coefficient (Wildman–Crippen LogP) is 3.93. The van der Waals surface area contributed by atoms with Gasteiger partial charge in [0.25, 0.3) is 0 Å². The average Bonchev–Trinajstić information content (AvgIpc) is 3.10. The molecule has 0 spiro atoms. The molecule has 3 aromatic rings. The van der Waals surface area contributed by atoms with E-state index < -0.39 is 5.60 Å². The first-order valence-corrected chi connectivity index (χ1v) is 9.12. The fraction of sp³-hybridized carbons (Fsp3) is 0.450. The fourth-order valence-electron chi connectivity index (χ4n) is 3.89. The summed E-state index contributed by atoms with van der Waals surface area (Å²) in [5, 5.41) is 11.3. The van der Waals surface area contributed by atoms with Crippen molar-refractivity contribution in [2.45, 2.75) is 58.5 Å². The van der Waals surface area contributed by atoms with Crippen LogP contribution in [0.5, 0.6) is 0 Å². The zero-order valence-corrected chi connectivity index (χ0v) is 15.5. The second-order valence-electron chi connectivity index (χ2n) is 7.41. The summed E-state index contributed by atoms with van der Waals surface area (Å²) in [6.45, 7) is 7.65. The molecule has 3 heterocycles. The van der Waals surface area contributed by atoms with Gasteiger partial charge in [0, 0.05) is 6.20 Å². The molecule has 0 amide bonds. The summed E-state index contributed by atoms with van der Waals surface area (Å²) in [5.41, 5.74) is 1.91. The second-order valence-corrected chi connectivity index (χ2v) is 7.41. The van der Waals surface area contributed by atoms with Crippen molar-refractivity contribution in [1.82, 2.24) is 19.5 Å². The molecule has 1 aliphatic carbocycles. The monoisotopic (exact) mass is 354 g/mol. The van der Waals surface area contributed by atoms with E-state index >= 15 is 4.39 Å². The minimum absolute atomic E-state index is 0.0513. The number of rotatable bonds is 3. The van der Waals surface area contributed by atoms with Crippen molar-refractivity contribution in [1.29, 1.82) is 0 Å². The molecular weight excluding hydrogens is 331 g/mol. The third-order valence-corrected chi connectivity index (χ3v) is 5.38. The van der Waals surface area contributed by atoms with Crippen LogP contribution in [0.25, 0.3) is 16.9 Å². The van der Waals surface area contributed by atoms with Gasteiger partial charge < -0.3 is 5.11 Å². The lowest BCUT2D eigenvalue weighted by atomic mass is 9.98. The summed E-state index contributed by atoms with van der Waals surface area (Å²) in [7, 11) is 0. The van der Waals surface area contributed by atoms with Gasteiger partial charge in [0.15, 0.2) is 11.5 Å². The van der Waals surface area contributed by atoms with Crippen LogP contribution in [-0.4, -0.2) is 24.6 Å². The lowest BCUT2D eigenvalue weighted by molar-refractivity contribution is 0.0306. The van der Waals surface area contributed by atoms with Crippen LogP contribution in [0.3, 0.4) is 0 Å². The van der Waals surface area contributed by atoms with Crippen molar-refractivity contribution >= 4 is 11.0 Å². The average molecular weight is 354 g/mol. The molecule has 0 unspecified atom stereocenters. The highest BCUT2D eigenvalue weighted by Gasteiger charge is 2.37. The summed E-state index contributed by atoms with van der Waals surface area (Å²) >= 11 is 0. The molecule has 1 atom stereocenters. The molecular formula is C20H23FN4O. The van der Waals surface area contributed by atoms with E-state index in [1.165, 1.54) is 6.20 Å². The Kier molecular flexibility index (Phi) is 3.84. The Morgan fingerprint density at radius 2 is 2.08 bits per heavy atom. The Bertz CT molecular complexity index is 1010. The molecule has 4 rings (SSSR count). The van der Waals surface area contributed by atoms with Gasteiger partial charge in [-0.3, -0.25) is 4.57 Å². The first-order valence-electron chi connectivity index (χ1n) is 9.12. The van der Waals surface area contributed by atoms with E-state index in [4.69, 9.17) is 4.98 Å². The van der Waals surface area contributed by atoms with Crippen molar-refractivity contribution in [3.63, 3.8) is 0 Å². The number of hydrogen-bond acceptors (Lipinski definition) is 4. The minimum Gasteiger partial charge on any atom is -0.384 e. The number of halogens is 1. The van der Waals surface area contributed by atoms with E-state index in [-0.39, 0.29) is 11.7 Å². The highest BCUT2D eigenvalue weighted by Crippen LogP contribution is 2.39. The summed E-state index contributed by atoms with van der Waals surface area (Å²) in [6, 6.07) is 3.88. The summed E-state index contributed by atoms with van der Waals surface area (Å²) < 4.78 is 16.8. The highest BCUT2D eigenvalue weighted by atomic mass is 19.1. The molecule has 1 aliphatic rings. The molecule has 6 heteroatoms. The van der Waals surface area contributed by atoms with Gasteiger partial charge in [-0.15, -0.1) is 0 Å². The standard InChI is InChI=1S/C20H23FN4O/c1-5-20(26)9-8-13-6-7-15(24-18(13)20)25-17(11(2)3)16(21)14-10-22-12(4)23-19(14)25/h6-7,10-11,26H,5,8-9H2,1-4H3/t20-/m1/s1. The number of aromatic nitrogens is 4. The van der Waals surface area contributed by atoms with Crippen LogP contribution in [0.2, 0.25) is 0 Å². The molecule has 1 N–H and O–H groups in total. The number of nitrogens with zero attached hydrogens (tertiary/aromatic N) is 4. The van der Waals surface area contributed by atoms with Crippen LogP contribution in [-0.2, 0) is 12.0 Å². The van der Waals surface area contributed by atoms with Gasteiger partial charge >= 0.3 is 0 Å². The molecule has 0 fully saturated rings. The zero-order valence-electron chi connectivity index (χ0n) is 15.5. The van der Waals surface area contributed by atoms with Crippen molar-refractivity contribution in [3.05, 3.63) is 46.9 Å². The second kappa shape index (κ2) is 5.84. The molecule has 0 aliphatic heterocycles. The minimum atomic E-state index is -0.907. The van der Waals surface area contributed by atoms with Crippen LogP contribution in [0, 0.1) is 12.7 Å². The topological polar surface area (TPSA) is 63.8 Å². The SMILES string of the molecule is CC[C@@]1(O)CCc2ccc(-n3c(C(C)C)c(F)c4cnc(C)nc43)nc21. The van der Waals surface area contributed by atoms with Crippen LogP contribution in [0.15, 0.2) is 18.3 Å². The van der Waals surface area contributed by atoms with E-state index in [2.05, 4.69) is 9.97 Å². The lowest BCUT2D eigenvalue weighted by Gasteiger charge is -2.21. The smallest absolute Gasteiger partial charge is 0.155 e.